The van der Waals surface area contributed by atoms with E-state index >= 15 is 0 Å². The van der Waals surface area contributed by atoms with Crippen LogP contribution in [0.15, 0.2) is 4.52 Å². The van der Waals surface area contributed by atoms with Gasteiger partial charge in [0.15, 0.2) is 5.82 Å². The van der Waals surface area contributed by atoms with E-state index in [2.05, 4.69) is 20.8 Å². The third kappa shape index (κ3) is 5.64. The Kier molecular flexibility index (Phi) is 5.12. The van der Waals surface area contributed by atoms with E-state index in [1.54, 1.807) is 6.92 Å². The number of amides is 2. The van der Waals surface area contributed by atoms with Gasteiger partial charge in [-0.1, -0.05) is 5.16 Å². The first-order chi connectivity index (χ1) is 8.08. The zero-order valence-corrected chi connectivity index (χ0v) is 9.95. The molecule has 7 nitrogen and oxygen atoms in total. The zero-order chi connectivity index (χ0) is 12.7. The third-order valence-electron chi connectivity index (χ3n) is 1.94. The number of nitrogens with zero attached hydrogens (tertiary/aromatic N) is 2. The van der Waals surface area contributed by atoms with E-state index in [1.165, 1.54) is 6.92 Å². The van der Waals surface area contributed by atoms with Crippen molar-refractivity contribution >= 4 is 11.8 Å². The predicted octanol–water partition coefficient (Wildman–Crippen LogP) is -0.437. The van der Waals surface area contributed by atoms with Crippen LogP contribution in [-0.4, -0.2) is 35.0 Å². The molecule has 2 amide bonds. The maximum atomic E-state index is 11.4. The molecule has 94 valence electrons. The second-order valence-corrected chi connectivity index (χ2v) is 3.59. The quantitative estimate of drug-likeness (QED) is 0.657. The Morgan fingerprint density at radius 1 is 1.29 bits per heavy atom. The average Bonchev–Trinajstić information content (AvgIpc) is 2.63. The van der Waals surface area contributed by atoms with Crippen molar-refractivity contribution in [1.29, 1.82) is 0 Å². The normalized spacial score (nSPS) is 10.0. The van der Waals surface area contributed by atoms with Crippen molar-refractivity contribution in [1.82, 2.24) is 20.8 Å². The molecule has 0 aliphatic carbocycles. The van der Waals surface area contributed by atoms with Gasteiger partial charge >= 0.3 is 0 Å². The highest BCUT2D eigenvalue weighted by Crippen LogP contribution is 1.95. The minimum atomic E-state index is -0.159. The lowest BCUT2D eigenvalue weighted by molar-refractivity contribution is -0.120. The molecule has 0 unspecified atom stereocenters. The maximum absolute atomic E-state index is 11.4. The van der Waals surface area contributed by atoms with Gasteiger partial charge in [0, 0.05) is 26.9 Å². The summed E-state index contributed by atoms with van der Waals surface area (Å²) in [6.07, 6.45) is 0.800. The fraction of sp³-hybridized carbons (Fsp3) is 0.600. The summed E-state index contributed by atoms with van der Waals surface area (Å²) < 4.78 is 4.75. The van der Waals surface area contributed by atoms with Gasteiger partial charge < -0.3 is 15.2 Å². The number of carbonyl (C=O) groups is 2. The second kappa shape index (κ2) is 6.62. The summed E-state index contributed by atoms with van der Waals surface area (Å²) >= 11 is 0. The van der Waals surface area contributed by atoms with Crippen LogP contribution in [-0.2, 0) is 16.0 Å². The van der Waals surface area contributed by atoms with Gasteiger partial charge in [0.05, 0.1) is 6.42 Å². The Labute approximate surface area is 99.0 Å². The van der Waals surface area contributed by atoms with Crippen molar-refractivity contribution in [3.8, 4) is 0 Å². The second-order valence-electron chi connectivity index (χ2n) is 3.59. The van der Waals surface area contributed by atoms with Gasteiger partial charge in [-0.2, -0.15) is 4.98 Å². The lowest BCUT2D eigenvalue weighted by Gasteiger charge is -2.03. The van der Waals surface area contributed by atoms with Crippen molar-refractivity contribution in [2.75, 3.05) is 13.1 Å². The van der Waals surface area contributed by atoms with Crippen LogP contribution in [0, 0.1) is 6.92 Å². The Morgan fingerprint density at radius 3 is 2.59 bits per heavy atom. The molecule has 1 rings (SSSR count). The smallest absolute Gasteiger partial charge is 0.227 e. The Bertz CT molecular complexity index is 389. The van der Waals surface area contributed by atoms with E-state index < -0.39 is 0 Å². The maximum Gasteiger partial charge on any atom is 0.227 e. The highest BCUT2D eigenvalue weighted by Gasteiger charge is 2.08. The first-order valence-electron chi connectivity index (χ1n) is 5.38. The molecule has 1 aromatic heterocycles. The fourth-order valence-corrected chi connectivity index (χ4v) is 1.20. The number of aryl methyl sites for hydroxylation is 1. The molecule has 0 aliphatic heterocycles. The SMILES string of the molecule is CC(=O)NCCCNC(=O)Cc1noc(C)n1. The van der Waals surface area contributed by atoms with Crippen LogP contribution in [0.25, 0.3) is 0 Å². The van der Waals surface area contributed by atoms with Gasteiger partial charge in [0.25, 0.3) is 0 Å². The van der Waals surface area contributed by atoms with E-state index in [-0.39, 0.29) is 18.2 Å². The van der Waals surface area contributed by atoms with E-state index in [0.717, 1.165) is 0 Å². The topological polar surface area (TPSA) is 97.1 Å². The van der Waals surface area contributed by atoms with Crippen LogP contribution in [0.3, 0.4) is 0 Å². The lowest BCUT2D eigenvalue weighted by atomic mass is 10.3. The molecule has 0 saturated carbocycles. The molecule has 0 atom stereocenters. The molecular weight excluding hydrogens is 224 g/mol. The van der Waals surface area contributed by atoms with Crippen LogP contribution in [0.5, 0.6) is 0 Å². The Balaban J connectivity index is 2.11. The third-order valence-corrected chi connectivity index (χ3v) is 1.94. The van der Waals surface area contributed by atoms with Gasteiger partial charge in [-0.15, -0.1) is 0 Å². The monoisotopic (exact) mass is 240 g/mol. The van der Waals surface area contributed by atoms with Crippen molar-refractivity contribution in [2.24, 2.45) is 0 Å². The fourth-order valence-electron chi connectivity index (χ4n) is 1.20. The Hall–Kier alpha value is -1.92. The van der Waals surface area contributed by atoms with E-state index in [0.29, 0.717) is 31.2 Å². The largest absolute Gasteiger partial charge is 0.356 e. The van der Waals surface area contributed by atoms with Crippen molar-refractivity contribution in [2.45, 2.75) is 26.7 Å². The van der Waals surface area contributed by atoms with Gasteiger partial charge in [0.1, 0.15) is 0 Å². The van der Waals surface area contributed by atoms with Crippen molar-refractivity contribution in [3.63, 3.8) is 0 Å². The predicted molar refractivity (Wildman–Crippen MR) is 59.0 cm³/mol. The number of aromatic nitrogens is 2. The van der Waals surface area contributed by atoms with Crippen LogP contribution in [0.4, 0.5) is 0 Å². The van der Waals surface area contributed by atoms with Gasteiger partial charge in [-0.05, 0) is 6.42 Å². The molecule has 1 aromatic rings. The Morgan fingerprint density at radius 2 is 2.00 bits per heavy atom. The summed E-state index contributed by atoms with van der Waals surface area (Å²) in [5, 5.41) is 8.96. The van der Waals surface area contributed by atoms with Crippen molar-refractivity contribution < 1.29 is 14.1 Å². The van der Waals surface area contributed by atoms with Crippen LogP contribution < -0.4 is 10.6 Å². The number of nitrogens with one attached hydrogen (secondary N) is 2. The minimum absolute atomic E-state index is 0.0707. The molecule has 7 heteroatoms. The molecule has 0 fully saturated rings. The van der Waals surface area contributed by atoms with Crippen molar-refractivity contribution in [3.05, 3.63) is 11.7 Å². The molecule has 2 N–H and O–H groups in total. The van der Waals surface area contributed by atoms with Crippen LogP contribution >= 0.6 is 0 Å². The van der Waals surface area contributed by atoms with E-state index in [9.17, 15) is 9.59 Å². The summed E-state index contributed by atoms with van der Waals surface area (Å²) in [5.74, 6) is 0.590. The molecule has 0 saturated heterocycles. The molecule has 0 aromatic carbocycles. The van der Waals surface area contributed by atoms with E-state index in [4.69, 9.17) is 4.52 Å². The summed E-state index contributed by atoms with van der Waals surface area (Å²) in [6, 6.07) is 0. The van der Waals surface area contributed by atoms with Gasteiger partial charge in [-0.25, -0.2) is 0 Å². The molecule has 0 radical (unpaired) electrons. The molecule has 1 heterocycles. The van der Waals surface area contributed by atoms with Gasteiger partial charge in [-0.3, -0.25) is 9.59 Å². The summed E-state index contributed by atoms with van der Waals surface area (Å²) in [6.45, 7) is 4.19. The number of hydrogen-bond donors (Lipinski definition) is 2. The highest BCUT2D eigenvalue weighted by molar-refractivity contribution is 5.77. The molecule has 17 heavy (non-hydrogen) atoms. The number of rotatable bonds is 6. The van der Waals surface area contributed by atoms with Crippen LogP contribution in [0.2, 0.25) is 0 Å². The molecule has 0 aliphatic rings. The number of carbonyl (C=O) groups excluding carboxylic acids is 2. The summed E-state index contributed by atoms with van der Waals surface area (Å²) in [7, 11) is 0. The zero-order valence-electron chi connectivity index (χ0n) is 9.95. The minimum Gasteiger partial charge on any atom is -0.356 e. The average molecular weight is 240 g/mol. The number of hydrogen-bond acceptors (Lipinski definition) is 5. The highest BCUT2D eigenvalue weighted by atomic mass is 16.5. The van der Waals surface area contributed by atoms with Crippen LogP contribution in [0.1, 0.15) is 25.1 Å². The lowest BCUT2D eigenvalue weighted by Crippen LogP contribution is -2.29. The molecular formula is C10H16N4O3. The molecule has 0 bridgehead atoms. The standard InChI is InChI=1S/C10H16N4O3/c1-7(15)11-4-3-5-12-10(16)6-9-13-8(2)17-14-9/h3-6H2,1-2H3,(H,11,15)(H,12,16). The molecule has 0 spiro atoms. The summed E-state index contributed by atoms with van der Waals surface area (Å²) in [4.78, 5) is 25.9. The first kappa shape index (κ1) is 13.1. The first-order valence-corrected chi connectivity index (χ1v) is 5.38. The van der Waals surface area contributed by atoms with Gasteiger partial charge in [0.2, 0.25) is 17.7 Å². The summed E-state index contributed by atoms with van der Waals surface area (Å²) in [5.41, 5.74) is 0. The van der Waals surface area contributed by atoms with E-state index in [1.807, 2.05) is 0 Å².